The number of aryl methyl sites for hydroxylation is 3. The summed E-state index contributed by atoms with van der Waals surface area (Å²) in [5.41, 5.74) is 19.5. The molecular weight excluding hydrogens is 1920 g/mol. The van der Waals surface area contributed by atoms with Crippen molar-refractivity contribution in [3.8, 4) is 45.3 Å². The highest BCUT2D eigenvalue weighted by Gasteiger charge is 2.51. The molecule has 762 valence electrons. The molecule has 0 bridgehead atoms. The van der Waals surface area contributed by atoms with Crippen LogP contribution in [0, 0.1) is 20.8 Å². The molecular formula is C128H153F4N2O4P7. The van der Waals surface area contributed by atoms with Gasteiger partial charge in [0.1, 0.15) is 0 Å². The lowest BCUT2D eigenvalue weighted by Gasteiger charge is -2.45. The lowest BCUT2D eigenvalue weighted by atomic mass is 9.97. The van der Waals surface area contributed by atoms with E-state index in [1.807, 2.05) is 71.3 Å². The number of likely N-dealkylation sites (N-methyl/N-ethyl adjacent to an activating group) is 1. The number of halogens is 4. The normalized spacial score (nSPS) is 21.2. The van der Waals surface area contributed by atoms with Gasteiger partial charge in [-0.2, -0.15) is 0 Å². The number of fused-ring (bicyclic) bond motifs is 2. The Morgan fingerprint density at radius 2 is 0.655 bits per heavy atom. The summed E-state index contributed by atoms with van der Waals surface area (Å²) in [6.45, 7) is 38.7. The molecule has 5 saturated heterocycles. The van der Waals surface area contributed by atoms with Crippen molar-refractivity contribution in [3.05, 3.63) is 373 Å². The van der Waals surface area contributed by atoms with Gasteiger partial charge in [0.2, 0.25) is 0 Å². The second-order valence-corrected chi connectivity index (χ2v) is 61.2. The van der Waals surface area contributed by atoms with Gasteiger partial charge in [-0.15, -0.1) is 17.6 Å². The van der Waals surface area contributed by atoms with Crippen LogP contribution in [0.2, 0.25) is 0 Å². The van der Waals surface area contributed by atoms with Crippen molar-refractivity contribution in [3.63, 3.8) is 0 Å². The number of rotatable bonds is 27. The van der Waals surface area contributed by atoms with Crippen molar-refractivity contribution in [2.24, 2.45) is 0 Å². The Morgan fingerprint density at radius 1 is 0.331 bits per heavy atom. The molecule has 0 aliphatic carbocycles. The van der Waals surface area contributed by atoms with Crippen molar-refractivity contribution in [2.75, 3.05) is 38.1 Å². The van der Waals surface area contributed by atoms with E-state index in [-0.39, 0.29) is 73.7 Å². The first kappa shape index (κ1) is 109. The first-order valence-corrected chi connectivity index (χ1v) is 64.1. The van der Waals surface area contributed by atoms with Gasteiger partial charge in [0.05, 0.1) is 0 Å². The van der Waals surface area contributed by atoms with Crippen LogP contribution in [0.5, 0.6) is 23.0 Å². The van der Waals surface area contributed by atoms with Gasteiger partial charge < -0.3 is 29.2 Å². The molecule has 1 N–H and O–H groups in total. The Labute approximate surface area is 874 Å². The molecule has 0 amide bonds. The van der Waals surface area contributed by atoms with Crippen LogP contribution in [0.1, 0.15) is 241 Å². The standard InChI is InChI=1S/C34H36P2.C27H17F4O4P.C26H23P.C22H36P2.C19H41N2P/c1-5-13-27(14-6-1)31-21-22-32(28-15-7-2-8-16-28)35(31)25-26-36-33(29-17-9-3-10-18-29)23-24-34(36)30-19-11-4-12-20-30;1-16-12-13-19-24(34-26(28,29)32-19)22(16)23-21(15-14-20-25(23)35-27(30,31)33-20)36(17-8-4-2-5-9-17)18-10-6-3-7-11-18;1-20-12-9-10-18-24(20)26-21(2)13-11-19-25(26)27(22-14-5-3-6-15-22)23-16-7-4-8-17-23;1-5-17-13-14-18(6-2)23(17)21-11-9-10-12-22(21)24-19(7-3)15-16-20(24)8-4;1-9-21(10-2)14-16-12-11-13-17(20-16)15-22(18(3,4)5)19(6,7)8/h1-20,31-34H,21-26H2;2-15H,1H3;3-19H,1-2H3;9-12,17-20H,5-8,13-16H2,1-4H3;16-17,20H,9-15H2,1-8H3/t31-,32-,33-,34-;;;17-,18-,19-,20-;/m1..1./s1. The van der Waals surface area contributed by atoms with Crippen LogP contribution in [0.25, 0.3) is 22.3 Å². The highest BCUT2D eigenvalue weighted by atomic mass is 31.1. The number of piperidine rings is 1. The van der Waals surface area contributed by atoms with E-state index < -0.39 is 28.4 Å². The fourth-order valence-electron chi connectivity index (χ4n) is 24.0. The van der Waals surface area contributed by atoms with Gasteiger partial charge in [-0.3, -0.25) is 0 Å². The number of benzene rings is 13. The second-order valence-electron chi connectivity index (χ2n) is 42.0. The lowest BCUT2D eigenvalue weighted by molar-refractivity contribution is -0.287. The van der Waals surface area contributed by atoms with Gasteiger partial charge in [-0.05, 0) is 302 Å². The third kappa shape index (κ3) is 26.8. The summed E-state index contributed by atoms with van der Waals surface area (Å²) in [7, 11) is -2.02. The van der Waals surface area contributed by atoms with E-state index in [1.165, 1.54) is 185 Å². The molecule has 0 radical (unpaired) electrons. The fraction of sp³-hybridized carbons (Fsp3) is 0.391. The molecule has 6 nitrogen and oxygen atoms in total. The highest BCUT2D eigenvalue weighted by molar-refractivity contribution is 7.80. The molecule has 7 aliphatic rings. The smallest absolute Gasteiger partial charge is 0.395 e. The molecule has 0 aromatic heterocycles. The third-order valence-corrected chi connectivity index (χ3v) is 54.7. The van der Waals surface area contributed by atoms with Crippen LogP contribution in [-0.4, -0.2) is 101 Å². The Bertz CT molecular complexity index is 5870. The van der Waals surface area contributed by atoms with Crippen LogP contribution in [0.15, 0.2) is 334 Å². The molecule has 13 aromatic carbocycles. The van der Waals surface area contributed by atoms with E-state index >= 15 is 0 Å². The van der Waals surface area contributed by atoms with Crippen LogP contribution in [-0.2, 0) is 0 Å². The van der Waals surface area contributed by atoms with Gasteiger partial charge in [-0.1, -0.05) is 445 Å². The predicted octanol–water partition coefficient (Wildman–Crippen LogP) is 33.8. The molecule has 7 heterocycles. The van der Waals surface area contributed by atoms with Crippen molar-refractivity contribution >= 4 is 97.9 Å². The average Bonchev–Trinajstić information content (AvgIpc) is 1.58. The number of nitrogens with zero attached hydrogens (tertiary/aromatic N) is 1. The maximum atomic E-state index is 14.3. The Morgan fingerprint density at radius 3 is 1.02 bits per heavy atom. The maximum Gasteiger partial charge on any atom is 0.586 e. The number of nitrogens with one attached hydrogen (secondary N) is 1. The molecule has 0 saturated carbocycles. The average molecular weight is 2080 g/mol. The summed E-state index contributed by atoms with van der Waals surface area (Å²) in [6.07, 6.45) is 17.4. The van der Waals surface area contributed by atoms with Gasteiger partial charge in [-0.25, -0.2) is 0 Å². The molecule has 145 heavy (non-hydrogen) atoms. The summed E-state index contributed by atoms with van der Waals surface area (Å²) in [5.74, 6) is -0.882. The zero-order valence-electron chi connectivity index (χ0n) is 88.1. The van der Waals surface area contributed by atoms with E-state index in [9.17, 15) is 17.6 Å². The topological polar surface area (TPSA) is 52.2 Å². The van der Waals surface area contributed by atoms with E-state index in [2.05, 4.69) is 361 Å². The van der Waals surface area contributed by atoms with Crippen LogP contribution in [0.3, 0.4) is 0 Å². The van der Waals surface area contributed by atoms with Gasteiger partial charge in [0.25, 0.3) is 0 Å². The van der Waals surface area contributed by atoms with E-state index in [0.717, 1.165) is 61.9 Å². The number of hydrogen-bond acceptors (Lipinski definition) is 6. The summed E-state index contributed by atoms with van der Waals surface area (Å²) < 4.78 is 76.1. The van der Waals surface area contributed by atoms with Crippen molar-refractivity contribution in [1.82, 2.24) is 10.2 Å². The molecule has 10 atom stereocenters. The second kappa shape index (κ2) is 51.0. The Kier molecular flexibility index (Phi) is 38.5. The minimum atomic E-state index is -3.91. The Balaban J connectivity index is 0.000000132. The van der Waals surface area contributed by atoms with E-state index in [4.69, 9.17) is 14.2 Å². The zero-order valence-corrected chi connectivity index (χ0v) is 94.4. The van der Waals surface area contributed by atoms with E-state index in [0.29, 0.717) is 27.2 Å². The number of ether oxygens (including phenoxy) is 4. The van der Waals surface area contributed by atoms with Crippen molar-refractivity contribution in [1.29, 1.82) is 0 Å². The summed E-state index contributed by atoms with van der Waals surface area (Å²) >= 11 is 0. The van der Waals surface area contributed by atoms with Gasteiger partial charge >= 0.3 is 12.6 Å². The summed E-state index contributed by atoms with van der Waals surface area (Å²) in [5, 5.41) is 15.2. The third-order valence-electron chi connectivity index (χ3n) is 30.7. The largest absolute Gasteiger partial charge is 0.586 e. The van der Waals surface area contributed by atoms with Crippen molar-refractivity contribution in [2.45, 2.75) is 280 Å². The lowest BCUT2D eigenvalue weighted by Crippen LogP contribution is -2.50. The molecule has 13 aromatic rings. The van der Waals surface area contributed by atoms with Crippen LogP contribution in [0.4, 0.5) is 17.6 Å². The molecule has 5 fully saturated rings. The van der Waals surface area contributed by atoms with Crippen molar-refractivity contribution < 1.29 is 36.5 Å². The highest BCUT2D eigenvalue weighted by Crippen LogP contribution is 2.76. The first-order chi connectivity index (χ1) is 70.2. The van der Waals surface area contributed by atoms with Gasteiger partial charge in [0.15, 0.2) is 23.0 Å². The quantitative estimate of drug-likeness (QED) is 0.0409. The summed E-state index contributed by atoms with van der Waals surface area (Å²) in [6, 6.07) is 120. The van der Waals surface area contributed by atoms with E-state index in [1.54, 1.807) is 41.3 Å². The Hall–Kier alpha value is -8.29. The first-order valence-electron chi connectivity index (χ1n) is 53.6. The molecule has 7 aliphatic heterocycles. The molecule has 2 unspecified atom stereocenters. The monoisotopic (exact) mass is 2070 g/mol. The maximum absolute atomic E-state index is 14.3. The van der Waals surface area contributed by atoms with Crippen LogP contribution >= 0.6 is 55.5 Å². The van der Waals surface area contributed by atoms with Crippen LogP contribution < -0.4 is 66.7 Å². The zero-order chi connectivity index (χ0) is 102. The molecule has 17 heteroatoms. The fourth-order valence-corrected chi connectivity index (χ4v) is 48.8. The SMILES string of the molecule is CCN(CC)CC1CCCC(CP(C(C)(C)C)C(C)(C)C)N1.CC[C@@H]1CC[C@@H](CC)P1c1ccccc1P1[C@H](CC)CC[C@H]1CC.Cc1ccc2c(c1-c1c(P(c3ccccc3)c3ccccc3)ccc3c1OC(F)(F)O3)OC(F)(F)O2.Cc1ccccc1-c1c(C)cccc1P(c1ccccc1)c1ccccc1.c1ccc([C@H]2CC[C@H](c3ccccc3)P2CCP2[C@@H](c3ccccc3)CC[C@@H]2c2ccccc2)cc1. The predicted molar refractivity (Wildman–Crippen MR) is 625 cm³/mol. The molecule has 0 spiro atoms. The van der Waals surface area contributed by atoms with Gasteiger partial charge in [0, 0.05) is 52.4 Å². The number of alkyl halides is 4. The minimum absolute atomic E-state index is 0.0117. The molecule has 20 rings (SSSR count). The minimum Gasteiger partial charge on any atom is -0.395 e. The number of hydrogen-bond donors (Lipinski definition) is 1. The summed E-state index contributed by atoms with van der Waals surface area (Å²) in [4.78, 5) is 2.57.